The van der Waals surface area contributed by atoms with E-state index in [-0.39, 0.29) is 18.0 Å². The second kappa shape index (κ2) is 5.11. The van der Waals surface area contributed by atoms with Crippen LogP contribution in [0.3, 0.4) is 0 Å². The summed E-state index contributed by atoms with van der Waals surface area (Å²) >= 11 is 0. The van der Waals surface area contributed by atoms with Gasteiger partial charge in [-0.15, -0.1) is 0 Å². The van der Waals surface area contributed by atoms with Gasteiger partial charge in [0.25, 0.3) is 0 Å². The smallest absolute Gasteiger partial charge is 0.238 e. The molecule has 0 spiro atoms. The van der Waals surface area contributed by atoms with E-state index in [1.807, 2.05) is 13.8 Å². The molecule has 1 amide bonds. The number of carbonyl (C=O) groups excluding carboxylic acids is 1. The molecule has 0 aliphatic carbocycles. The van der Waals surface area contributed by atoms with Crippen LogP contribution in [-0.2, 0) is 4.79 Å². The van der Waals surface area contributed by atoms with Crippen molar-refractivity contribution in [1.29, 1.82) is 0 Å². The summed E-state index contributed by atoms with van der Waals surface area (Å²) in [4.78, 5) is 12.9. The number of likely N-dealkylation sites (N-methyl/N-ethyl adjacent to an activating group) is 1. The molecule has 0 saturated carbocycles. The van der Waals surface area contributed by atoms with Gasteiger partial charge in [-0.1, -0.05) is 0 Å². The van der Waals surface area contributed by atoms with Crippen molar-refractivity contribution in [3.05, 3.63) is 0 Å². The van der Waals surface area contributed by atoms with E-state index in [4.69, 9.17) is 5.73 Å². The Morgan fingerprint density at radius 1 is 1.50 bits per heavy atom. The average Bonchev–Trinajstić information content (AvgIpc) is 2.02. The number of nitrogens with zero attached hydrogens (tertiary/aromatic N) is 1. The number of nitrogens with one attached hydrogen (secondary N) is 1. The van der Waals surface area contributed by atoms with E-state index in [1.54, 1.807) is 19.0 Å². The number of hydrogen-bond acceptors (Lipinski definition) is 3. The summed E-state index contributed by atoms with van der Waals surface area (Å²) < 4.78 is 0. The maximum absolute atomic E-state index is 11.3. The van der Waals surface area contributed by atoms with Gasteiger partial charge in [-0.05, 0) is 13.8 Å². The van der Waals surface area contributed by atoms with E-state index >= 15 is 0 Å². The molecule has 2 unspecified atom stereocenters. The highest BCUT2D eigenvalue weighted by molar-refractivity contribution is 5.80. The van der Waals surface area contributed by atoms with Crippen molar-refractivity contribution >= 4 is 5.91 Å². The SMILES string of the molecule is CC(CN)NC(C)C(=O)N(C)C. The summed E-state index contributed by atoms with van der Waals surface area (Å²) in [5, 5.41) is 3.09. The van der Waals surface area contributed by atoms with E-state index in [0.717, 1.165) is 0 Å². The van der Waals surface area contributed by atoms with Crippen LogP contribution in [0.4, 0.5) is 0 Å². The highest BCUT2D eigenvalue weighted by atomic mass is 16.2. The molecule has 12 heavy (non-hydrogen) atoms. The third kappa shape index (κ3) is 3.69. The quantitative estimate of drug-likeness (QED) is 0.597. The number of hydrogen-bond donors (Lipinski definition) is 2. The molecule has 0 bridgehead atoms. The van der Waals surface area contributed by atoms with E-state index in [9.17, 15) is 4.79 Å². The van der Waals surface area contributed by atoms with Crippen LogP contribution in [0.2, 0.25) is 0 Å². The lowest BCUT2D eigenvalue weighted by molar-refractivity contribution is -0.130. The van der Waals surface area contributed by atoms with Gasteiger partial charge in [0.15, 0.2) is 0 Å². The van der Waals surface area contributed by atoms with Crippen LogP contribution in [0.1, 0.15) is 13.8 Å². The molecule has 4 nitrogen and oxygen atoms in total. The fourth-order valence-corrected chi connectivity index (χ4v) is 0.953. The average molecular weight is 173 g/mol. The third-order valence-corrected chi connectivity index (χ3v) is 1.70. The molecule has 0 heterocycles. The predicted molar refractivity (Wildman–Crippen MR) is 49.8 cm³/mol. The van der Waals surface area contributed by atoms with Crippen LogP contribution in [0.15, 0.2) is 0 Å². The monoisotopic (exact) mass is 173 g/mol. The predicted octanol–water partition coefficient (Wildman–Crippen LogP) is -0.600. The fourth-order valence-electron chi connectivity index (χ4n) is 0.953. The molecule has 0 rings (SSSR count). The first kappa shape index (κ1) is 11.4. The van der Waals surface area contributed by atoms with Crippen LogP contribution in [0.25, 0.3) is 0 Å². The first-order valence-electron chi connectivity index (χ1n) is 4.16. The van der Waals surface area contributed by atoms with Gasteiger partial charge in [-0.25, -0.2) is 0 Å². The van der Waals surface area contributed by atoms with Crippen molar-refractivity contribution in [2.45, 2.75) is 25.9 Å². The van der Waals surface area contributed by atoms with Gasteiger partial charge in [0.1, 0.15) is 0 Å². The first-order valence-corrected chi connectivity index (χ1v) is 4.16. The molecule has 0 radical (unpaired) electrons. The molecule has 0 fully saturated rings. The number of nitrogens with two attached hydrogens (primary N) is 1. The van der Waals surface area contributed by atoms with Crippen molar-refractivity contribution in [3.8, 4) is 0 Å². The molecule has 0 aliphatic heterocycles. The van der Waals surface area contributed by atoms with E-state index in [2.05, 4.69) is 5.32 Å². The molecule has 0 aromatic carbocycles. The Morgan fingerprint density at radius 3 is 2.33 bits per heavy atom. The standard InChI is InChI=1S/C8H19N3O/c1-6(5-9)10-7(2)8(12)11(3)4/h6-7,10H,5,9H2,1-4H3. The normalized spacial score (nSPS) is 15.4. The van der Waals surface area contributed by atoms with Crippen molar-refractivity contribution in [2.75, 3.05) is 20.6 Å². The highest BCUT2D eigenvalue weighted by Gasteiger charge is 2.15. The van der Waals surface area contributed by atoms with Gasteiger partial charge < -0.3 is 16.0 Å². The molecule has 0 aromatic heterocycles. The fraction of sp³-hybridized carbons (Fsp3) is 0.875. The Morgan fingerprint density at radius 2 is 2.00 bits per heavy atom. The Balaban J connectivity index is 3.86. The lowest BCUT2D eigenvalue weighted by Gasteiger charge is -2.21. The van der Waals surface area contributed by atoms with Crippen molar-refractivity contribution in [1.82, 2.24) is 10.2 Å². The minimum Gasteiger partial charge on any atom is -0.347 e. The van der Waals surface area contributed by atoms with Crippen LogP contribution in [0.5, 0.6) is 0 Å². The van der Waals surface area contributed by atoms with Gasteiger partial charge in [0, 0.05) is 26.7 Å². The largest absolute Gasteiger partial charge is 0.347 e. The van der Waals surface area contributed by atoms with E-state index in [0.29, 0.717) is 6.54 Å². The number of amides is 1. The highest BCUT2D eigenvalue weighted by Crippen LogP contribution is 1.90. The lowest BCUT2D eigenvalue weighted by atomic mass is 10.2. The molecular weight excluding hydrogens is 154 g/mol. The minimum atomic E-state index is -0.154. The maximum Gasteiger partial charge on any atom is 0.238 e. The summed E-state index contributed by atoms with van der Waals surface area (Å²) in [5.74, 6) is 0.0790. The van der Waals surface area contributed by atoms with Crippen LogP contribution in [0, 0.1) is 0 Å². The Bertz CT molecular complexity index is 147. The van der Waals surface area contributed by atoms with Crippen molar-refractivity contribution in [2.24, 2.45) is 5.73 Å². The third-order valence-electron chi connectivity index (χ3n) is 1.70. The Kier molecular flexibility index (Phi) is 4.85. The second-order valence-corrected chi connectivity index (χ2v) is 3.26. The van der Waals surface area contributed by atoms with Crippen molar-refractivity contribution < 1.29 is 4.79 Å². The molecule has 4 heteroatoms. The molecule has 0 saturated heterocycles. The molecule has 0 aromatic rings. The molecule has 2 atom stereocenters. The molecular formula is C8H19N3O. The summed E-state index contributed by atoms with van der Waals surface area (Å²) in [6.07, 6.45) is 0. The van der Waals surface area contributed by atoms with Gasteiger partial charge in [-0.2, -0.15) is 0 Å². The Labute approximate surface area is 74.1 Å². The van der Waals surface area contributed by atoms with Crippen LogP contribution < -0.4 is 11.1 Å². The zero-order valence-electron chi connectivity index (χ0n) is 8.29. The molecule has 3 N–H and O–H groups in total. The minimum absolute atomic E-state index is 0.0790. The van der Waals surface area contributed by atoms with Gasteiger partial charge in [0.05, 0.1) is 6.04 Å². The van der Waals surface area contributed by atoms with Gasteiger partial charge in [0.2, 0.25) is 5.91 Å². The molecule has 72 valence electrons. The zero-order chi connectivity index (χ0) is 9.72. The summed E-state index contributed by atoms with van der Waals surface area (Å²) in [7, 11) is 3.49. The lowest BCUT2D eigenvalue weighted by Crippen LogP contribution is -2.47. The summed E-state index contributed by atoms with van der Waals surface area (Å²) in [5.41, 5.74) is 5.41. The second-order valence-electron chi connectivity index (χ2n) is 3.26. The van der Waals surface area contributed by atoms with Gasteiger partial charge in [-0.3, -0.25) is 4.79 Å². The number of carbonyl (C=O) groups is 1. The maximum atomic E-state index is 11.3. The van der Waals surface area contributed by atoms with Crippen molar-refractivity contribution in [3.63, 3.8) is 0 Å². The Hall–Kier alpha value is -0.610. The van der Waals surface area contributed by atoms with E-state index < -0.39 is 0 Å². The van der Waals surface area contributed by atoms with Crippen LogP contribution >= 0.6 is 0 Å². The summed E-state index contributed by atoms with van der Waals surface area (Å²) in [6, 6.07) is 0.0300. The van der Waals surface area contributed by atoms with Gasteiger partial charge >= 0.3 is 0 Å². The zero-order valence-corrected chi connectivity index (χ0v) is 8.29. The molecule has 0 aliphatic rings. The van der Waals surface area contributed by atoms with Crippen LogP contribution in [-0.4, -0.2) is 43.5 Å². The topological polar surface area (TPSA) is 58.4 Å². The van der Waals surface area contributed by atoms with E-state index in [1.165, 1.54) is 0 Å². The first-order chi connectivity index (χ1) is 5.49. The number of rotatable bonds is 4. The summed E-state index contributed by atoms with van der Waals surface area (Å²) in [6.45, 7) is 4.35.